The average molecular weight is 375 g/mol. The maximum absolute atomic E-state index is 9.08. The van der Waals surface area contributed by atoms with Gasteiger partial charge >= 0.3 is 0 Å². The number of rotatable bonds is 6. The Bertz CT molecular complexity index is 938. The van der Waals surface area contributed by atoms with Crippen LogP contribution in [0.4, 0.5) is 11.4 Å². The van der Waals surface area contributed by atoms with Crippen LogP contribution in [0.15, 0.2) is 77.8 Å². The van der Waals surface area contributed by atoms with Gasteiger partial charge in [0.05, 0.1) is 18.0 Å². The molecule has 0 unspecified atom stereocenters. The summed E-state index contributed by atoms with van der Waals surface area (Å²) in [5.41, 5.74) is 7.82. The Morgan fingerprint density at radius 3 is 2.36 bits per heavy atom. The van der Waals surface area contributed by atoms with E-state index in [1.54, 1.807) is 11.1 Å². The molecule has 28 heavy (non-hydrogen) atoms. The van der Waals surface area contributed by atoms with Crippen LogP contribution in [0.5, 0.6) is 0 Å². The molecule has 0 aromatic heterocycles. The zero-order valence-electron chi connectivity index (χ0n) is 16.4. The predicted octanol–water partition coefficient (Wildman–Crippen LogP) is 5.25. The second-order valence-corrected chi connectivity index (χ2v) is 6.67. The molecule has 0 aliphatic heterocycles. The summed E-state index contributed by atoms with van der Waals surface area (Å²) in [6.07, 6.45) is 0. The number of anilines is 1. The lowest BCUT2D eigenvalue weighted by Crippen LogP contribution is -2.27. The highest BCUT2D eigenvalue weighted by atomic mass is 16.7. The summed E-state index contributed by atoms with van der Waals surface area (Å²) >= 11 is 0. The SMILES string of the molecule is Cc1ccc(CON(C)C(=Nc2ccc(NO)cc2C)c2ccccc2)cc1. The molecule has 0 atom stereocenters. The van der Waals surface area contributed by atoms with Gasteiger partial charge in [-0.05, 0) is 43.2 Å². The van der Waals surface area contributed by atoms with Crippen LogP contribution in [-0.4, -0.2) is 23.2 Å². The second kappa shape index (κ2) is 9.17. The molecule has 0 saturated carbocycles. The van der Waals surface area contributed by atoms with Crippen LogP contribution < -0.4 is 5.48 Å². The third kappa shape index (κ3) is 4.97. The van der Waals surface area contributed by atoms with Crippen molar-refractivity contribution in [3.05, 3.63) is 95.1 Å². The van der Waals surface area contributed by atoms with E-state index < -0.39 is 0 Å². The van der Waals surface area contributed by atoms with Crippen LogP contribution in [0, 0.1) is 13.8 Å². The molecule has 3 rings (SSSR count). The lowest BCUT2D eigenvalue weighted by Gasteiger charge is -2.21. The van der Waals surface area contributed by atoms with E-state index in [9.17, 15) is 0 Å². The highest BCUT2D eigenvalue weighted by Gasteiger charge is 2.12. The van der Waals surface area contributed by atoms with Gasteiger partial charge in [-0.15, -0.1) is 0 Å². The molecule has 5 heteroatoms. The van der Waals surface area contributed by atoms with Gasteiger partial charge in [-0.25, -0.2) is 10.1 Å². The Hall–Kier alpha value is -3.15. The number of hydroxylamine groups is 2. The van der Waals surface area contributed by atoms with E-state index in [1.165, 1.54) is 5.56 Å². The monoisotopic (exact) mass is 375 g/mol. The minimum absolute atomic E-state index is 0.453. The number of aryl methyl sites for hydroxylation is 2. The van der Waals surface area contributed by atoms with Crippen LogP contribution in [0.2, 0.25) is 0 Å². The molecule has 3 aromatic rings. The number of benzene rings is 3. The fourth-order valence-corrected chi connectivity index (χ4v) is 2.79. The predicted molar refractivity (Wildman–Crippen MR) is 113 cm³/mol. The summed E-state index contributed by atoms with van der Waals surface area (Å²) in [6.45, 7) is 4.47. The van der Waals surface area contributed by atoms with Crippen molar-refractivity contribution in [2.24, 2.45) is 4.99 Å². The molecule has 0 spiro atoms. The average Bonchev–Trinajstić information content (AvgIpc) is 2.72. The number of amidine groups is 1. The van der Waals surface area contributed by atoms with Gasteiger partial charge in [0.1, 0.15) is 0 Å². The quantitative estimate of drug-likeness (QED) is 0.351. The van der Waals surface area contributed by atoms with Crippen LogP contribution in [0.3, 0.4) is 0 Å². The fourth-order valence-electron chi connectivity index (χ4n) is 2.79. The molecular formula is C23H25N3O2. The molecule has 144 valence electrons. The van der Waals surface area contributed by atoms with Gasteiger partial charge in [0.15, 0.2) is 5.84 Å². The van der Waals surface area contributed by atoms with Crippen LogP contribution in [0.25, 0.3) is 0 Å². The first-order chi connectivity index (χ1) is 13.6. The molecule has 0 bridgehead atoms. The highest BCUT2D eigenvalue weighted by Crippen LogP contribution is 2.24. The molecule has 0 radical (unpaired) electrons. The van der Waals surface area contributed by atoms with Gasteiger partial charge in [0.2, 0.25) is 0 Å². The smallest absolute Gasteiger partial charge is 0.159 e. The van der Waals surface area contributed by atoms with Gasteiger partial charge in [0, 0.05) is 12.6 Å². The molecule has 0 heterocycles. The normalized spacial score (nSPS) is 11.4. The standard InChI is InChI=1S/C23H25N3O2/c1-17-9-11-19(12-10-17)16-28-26(3)23(20-7-5-4-6-8-20)24-22-14-13-21(25-27)15-18(22)2/h4-15,25,27H,16H2,1-3H3. The van der Waals surface area contributed by atoms with Crippen LogP contribution >= 0.6 is 0 Å². The van der Waals surface area contributed by atoms with E-state index >= 15 is 0 Å². The third-order valence-corrected chi connectivity index (χ3v) is 4.43. The molecule has 3 aromatic carbocycles. The van der Waals surface area contributed by atoms with E-state index in [4.69, 9.17) is 15.0 Å². The molecule has 0 saturated heterocycles. The zero-order chi connectivity index (χ0) is 19.9. The molecule has 5 nitrogen and oxygen atoms in total. The van der Waals surface area contributed by atoms with Gasteiger partial charge in [0.25, 0.3) is 0 Å². The Morgan fingerprint density at radius 2 is 1.71 bits per heavy atom. The number of hydrogen-bond acceptors (Lipinski definition) is 4. The number of hydrogen-bond donors (Lipinski definition) is 2. The lowest BCUT2D eigenvalue weighted by molar-refractivity contribution is -0.0909. The first-order valence-corrected chi connectivity index (χ1v) is 9.14. The van der Waals surface area contributed by atoms with E-state index in [0.717, 1.165) is 22.4 Å². The van der Waals surface area contributed by atoms with Crippen molar-refractivity contribution in [3.8, 4) is 0 Å². The Labute approximate surface area is 165 Å². The summed E-state index contributed by atoms with van der Waals surface area (Å²) in [5, 5.41) is 10.8. The largest absolute Gasteiger partial charge is 0.291 e. The topological polar surface area (TPSA) is 57.1 Å². The summed E-state index contributed by atoms with van der Waals surface area (Å²) in [6, 6.07) is 23.7. The van der Waals surface area contributed by atoms with Crippen molar-refractivity contribution in [2.45, 2.75) is 20.5 Å². The van der Waals surface area contributed by atoms with Gasteiger partial charge < -0.3 is 0 Å². The Balaban J connectivity index is 1.87. The molecular weight excluding hydrogens is 350 g/mol. The van der Waals surface area contributed by atoms with Crippen molar-refractivity contribution >= 4 is 17.2 Å². The Morgan fingerprint density at radius 1 is 1.00 bits per heavy atom. The highest BCUT2D eigenvalue weighted by molar-refractivity contribution is 5.99. The molecule has 2 N–H and O–H groups in total. The summed E-state index contributed by atoms with van der Waals surface area (Å²) in [4.78, 5) is 10.8. The van der Waals surface area contributed by atoms with Crippen molar-refractivity contribution in [2.75, 3.05) is 12.5 Å². The van der Waals surface area contributed by atoms with Crippen molar-refractivity contribution in [1.29, 1.82) is 0 Å². The van der Waals surface area contributed by atoms with E-state index in [2.05, 4.69) is 36.7 Å². The summed E-state index contributed by atoms with van der Waals surface area (Å²) < 4.78 is 0. The third-order valence-electron chi connectivity index (χ3n) is 4.43. The lowest BCUT2D eigenvalue weighted by atomic mass is 10.1. The van der Waals surface area contributed by atoms with Crippen LogP contribution in [-0.2, 0) is 11.4 Å². The molecule has 0 aliphatic carbocycles. The van der Waals surface area contributed by atoms with E-state index in [0.29, 0.717) is 18.1 Å². The summed E-state index contributed by atoms with van der Waals surface area (Å²) in [5.74, 6) is 0.709. The van der Waals surface area contributed by atoms with Crippen molar-refractivity contribution < 1.29 is 10.0 Å². The number of nitrogens with one attached hydrogen (secondary N) is 1. The zero-order valence-corrected chi connectivity index (χ0v) is 16.4. The molecule has 0 amide bonds. The van der Waals surface area contributed by atoms with E-state index in [-0.39, 0.29) is 0 Å². The number of aliphatic imine (C=N–C) groups is 1. The number of nitrogens with zero attached hydrogens (tertiary/aromatic N) is 2. The second-order valence-electron chi connectivity index (χ2n) is 6.67. The van der Waals surface area contributed by atoms with Crippen molar-refractivity contribution in [1.82, 2.24) is 5.06 Å². The van der Waals surface area contributed by atoms with Gasteiger partial charge in [-0.2, -0.15) is 0 Å². The van der Waals surface area contributed by atoms with Crippen LogP contribution in [0.1, 0.15) is 22.3 Å². The first kappa shape index (κ1) is 19.6. The maximum Gasteiger partial charge on any atom is 0.159 e. The first-order valence-electron chi connectivity index (χ1n) is 9.14. The fraction of sp³-hybridized carbons (Fsp3) is 0.174. The Kier molecular flexibility index (Phi) is 6.42. The van der Waals surface area contributed by atoms with E-state index in [1.807, 2.05) is 56.4 Å². The van der Waals surface area contributed by atoms with Gasteiger partial charge in [-0.1, -0.05) is 60.2 Å². The van der Waals surface area contributed by atoms with Gasteiger partial charge in [-0.3, -0.25) is 15.5 Å². The van der Waals surface area contributed by atoms with Crippen molar-refractivity contribution in [3.63, 3.8) is 0 Å². The minimum Gasteiger partial charge on any atom is -0.291 e. The molecule has 0 fully saturated rings. The minimum atomic E-state index is 0.453. The maximum atomic E-state index is 9.08. The summed E-state index contributed by atoms with van der Waals surface area (Å²) in [7, 11) is 1.86. The molecule has 0 aliphatic rings.